The van der Waals surface area contributed by atoms with Gasteiger partial charge in [0.2, 0.25) is 0 Å². The van der Waals surface area contributed by atoms with E-state index in [0.717, 1.165) is 25.6 Å². The molecule has 2 unspecified atom stereocenters. The molecule has 1 fully saturated rings. The van der Waals surface area contributed by atoms with Crippen LogP contribution in [-0.2, 0) is 9.47 Å². The summed E-state index contributed by atoms with van der Waals surface area (Å²) in [4.78, 5) is 2.54. The molecular weight excluding hydrogens is 228 g/mol. The molecule has 0 saturated carbocycles. The molecule has 0 radical (unpaired) electrons. The van der Waals surface area contributed by atoms with E-state index in [9.17, 15) is 0 Å². The van der Waals surface area contributed by atoms with Crippen LogP contribution in [0, 0.1) is 5.92 Å². The fourth-order valence-electron chi connectivity index (χ4n) is 2.39. The molecule has 1 heterocycles. The average molecular weight is 258 g/mol. The SMILES string of the molecule is CCC1CCN(CCOCCOC)CC(C)CN1. The van der Waals surface area contributed by atoms with Crippen LogP contribution in [0.3, 0.4) is 0 Å². The van der Waals surface area contributed by atoms with E-state index in [0.29, 0.717) is 19.3 Å². The van der Waals surface area contributed by atoms with Gasteiger partial charge in [0.1, 0.15) is 0 Å². The number of hydrogen-bond acceptors (Lipinski definition) is 4. The van der Waals surface area contributed by atoms with Crippen molar-refractivity contribution >= 4 is 0 Å². The van der Waals surface area contributed by atoms with E-state index in [1.807, 2.05) is 0 Å². The van der Waals surface area contributed by atoms with Crippen LogP contribution >= 0.6 is 0 Å². The minimum absolute atomic E-state index is 0.685. The molecule has 4 heteroatoms. The van der Waals surface area contributed by atoms with Gasteiger partial charge >= 0.3 is 0 Å². The van der Waals surface area contributed by atoms with Gasteiger partial charge in [0, 0.05) is 26.2 Å². The number of rotatable bonds is 7. The van der Waals surface area contributed by atoms with E-state index in [4.69, 9.17) is 9.47 Å². The van der Waals surface area contributed by atoms with Crippen LogP contribution in [-0.4, -0.2) is 64.1 Å². The molecule has 2 atom stereocenters. The number of nitrogens with zero attached hydrogens (tertiary/aromatic N) is 1. The van der Waals surface area contributed by atoms with Crippen molar-refractivity contribution in [2.24, 2.45) is 5.92 Å². The minimum Gasteiger partial charge on any atom is -0.382 e. The highest BCUT2D eigenvalue weighted by atomic mass is 16.5. The fourth-order valence-corrected chi connectivity index (χ4v) is 2.39. The Morgan fingerprint density at radius 2 is 2.11 bits per heavy atom. The Kier molecular flexibility index (Phi) is 8.59. The molecule has 1 aliphatic heterocycles. The number of nitrogens with one attached hydrogen (secondary N) is 1. The zero-order valence-corrected chi connectivity index (χ0v) is 12.3. The predicted octanol–water partition coefficient (Wildman–Crippen LogP) is 1.36. The number of methoxy groups -OCH3 is 1. The van der Waals surface area contributed by atoms with Gasteiger partial charge in [-0.3, -0.25) is 0 Å². The maximum atomic E-state index is 5.55. The first kappa shape index (κ1) is 15.9. The van der Waals surface area contributed by atoms with Crippen molar-refractivity contribution in [3.8, 4) is 0 Å². The molecule has 0 aliphatic carbocycles. The lowest BCUT2D eigenvalue weighted by Gasteiger charge is -2.32. The second kappa shape index (κ2) is 9.73. The lowest BCUT2D eigenvalue weighted by molar-refractivity contribution is 0.0528. The van der Waals surface area contributed by atoms with E-state index in [1.165, 1.54) is 25.9 Å². The quantitative estimate of drug-likeness (QED) is 0.699. The molecule has 0 bridgehead atoms. The Morgan fingerprint density at radius 3 is 2.83 bits per heavy atom. The molecular formula is C14H30N2O2. The molecule has 108 valence electrons. The van der Waals surface area contributed by atoms with E-state index in [1.54, 1.807) is 7.11 Å². The molecule has 0 aromatic carbocycles. The first-order valence-electron chi connectivity index (χ1n) is 7.28. The van der Waals surface area contributed by atoms with Gasteiger partial charge in [0.15, 0.2) is 0 Å². The average Bonchev–Trinajstić information content (AvgIpc) is 2.35. The van der Waals surface area contributed by atoms with Crippen molar-refractivity contribution in [2.45, 2.75) is 32.7 Å². The van der Waals surface area contributed by atoms with Crippen LogP contribution in [0.4, 0.5) is 0 Å². The Hall–Kier alpha value is -0.160. The summed E-state index contributed by atoms with van der Waals surface area (Å²) >= 11 is 0. The van der Waals surface area contributed by atoms with Gasteiger partial charge in [-0.2, -0.15) is 0 Å². The van der Waals surface area contributed by atoms with E-state index in [2.05, 4.69) is 24.1 Å². The van der Waals surface area contributed by atoms with Crippen LogP contribution in [0.25, 0.3) is 0 Å². The maximum absolute atomic E-state index is 5.55. The lowest BCUT2D eigenvalue weighted by Crippen LogP contribution is -2.44. The van der Waals surface area contributed by atoms with Crippen LogP contribution < -0.4 is 5.32 Å². The van der Waals surface area contributed by atoms with Crippen LogP contribution in [0.2, 0.25) is 0 Å². The van der Waals surface area contributed by atoms with Crippen LogP contribution in [0.5, 0.6) is 0 Å². The topological polar surface area (TPSA) is 33.7 Å². The molecule has 0 aromatic rings. The zero-order chi connectivity index (χ0) is 13.2. The summed E-state index contributed by atoms with van der Waals surface area (Å²) in [5.74, 6) is 0.721. The smallest absolute Gasteiger partial charge is 0.0700 e. The van der Waals surface area contributed by atoms with Crippen molar-refractivity contribution in [2.75, 3.05) is 53.1 Å². The molecule has 0 amide bonds. The Labute approximate surface area is 112 Å². The summed E-state index contributed by atoms with van der Waals surface area (Å²) in [6, 6.07) is 0.685. The molecule has 0 aromatic heterocycles. The zero-order valence-electron chi connectivity index (χ0n) is 12.3. The van der Waals surface area contributed by atoms with Crippen LogP contribution in [0.15, 0.2) is 0 Å². The molecule has 1 saturated heterocycles. The lowest BCUT2D eigenvalue weighted by atomic mass is 10.0. The standard InChI is InChI=1S/C14H30N2O2/c1-4-14-5-6-16(12-13(2)11-15-14)7-8-18-10-9-17-3/h13-15H,4-12H2,1-3H3. The summed E-state index contributed by atoms with van der Waals surface area (Å²) < 4.78 is 10.5. The second-order valence-electron chi connectivity index (χ2n) is 5.31. The normalized spacial score (nSPS) is 26.8. The van der Waals surface area contributed by atoms with Crippen molar-refractivity contribution in [3.05, 3.63) is 0 Å². The Balaban J connectivity index is 2.20. The highest BCUT2D eigenvalue weighted by Crippen LogP contribution is 2.08. The third-order valence-electron chi connectivity index (χ3n) is 3.60. The second-order valence-corrected chi connectivity index (χ2v) is 5.31. The minimum atomic E-state index is 0.685. The first-order chi connectivity index (χ1) is 8.76. The fraction of sp³-hybridized carbons (Fsp3) is 1.00. The summed E-state index contributed by atoms with van der Waals surface area (Å²) in [6.07, 6.45) is 2.48. The number of hydrogen-bond donors (Lipinski definition) is 1. The molecule has 18 heavy (non-hydrogen) atoms. The third kappa shape index (κ3) is 6.69. The van der Waals surface area contributed by atoms with Crippen LogP contribution in [0.1, 0.15) is 26.7 Å². The van der Waals surface area contributed by atoms with Crippen molar-refractivity contribution in [3.63, 3.8) is 0 Å². The van der Waals surface area contributed by atoms with Gasteiger partial charge in [0.05, 0.1) is 19.8 Å². The van der Waals surface area contributed by atoms with Gasteiger partial charge in [-0.1, -0.05) is 13.8 Å². The largest absolute Gasteiger partial charge is 0.382 e. The molecule has 1 N–H and O–H groups in total. The van der Waals surface area contributed by atoms with Gasteiger partial charge in [-0.15, -0.1) is 0 Å². The van der Waals surface area contributed by atoms with Gasteiger partial charge in [-0.25, -0.2) is 0 Å². The highest BCUT2D eigenvalue weighted by molar-refractivity contribution is 4.75. The summed E-state index contributed by atoms with van der Waals surface area (Å²) in [6.45, 7) is 11.4. The first-order valence-corrected chi connectivity index (χ1v) is 7.28. The predicted molar refractivity (Wildman–Crippen MR) is 75.0 cm³/mol. The molecule has 1 aliphatic rings. The highest BCUT2D eigenvalue weighted by Gasteiger charge is 2.17. The van der Waals surface area contributed by atoms with Gasteiger partial charge < -0.3 is 19.7 Å². The maximum Gasteiger partial charge on any atom is 0.0700 e. The van der Waals surface area contributed by atoms with Gasteiger partial charge in [-0.05, 0) is 31.8 Å². The molecule has 4 nitrogen and oxygen atoms in total. The summed E-state index contributed by atoms with van der Waals surface area (Å²) in [5.41, 5.74) is 0. The van der Waals surface area contributed by atoms with Crippen molar-refractivity contribution in [1.82, 2.24) is 10.2 Å². The van der Waals surface area contributed by atoms with E-state index in [-0.39, 0.29) is 0 Å². The Bertz CT molecular complexity index is 202. The summed E-state index contributed by atoms with van der Waals surface area (Å²) in [7, 11) is 1.71. The molecule has 0 spiro atoms. The number of ether oxygens (including phenoxy) is 2. The molecule has 1 rings (SSSR count). The van der Waals surface area contributed by atoms with Crippen molar-refractivity contribution < 1.29 is 9.47 Å². The summed E-state index contributed by atoms with van der Waals surface area (Å²) in [5, 5.41) is 3.65. The van der Waals surface area contributed by atoms with Crippen molar-refractivity contribution in [1.29, 1.82) is 0 Å². The monoisotopic (exact) mass is 258 g/mol. The third-order valence-corrected chi connectivity index (χ3v) is 3.60. The Morgan fingerprint density at radius 1 is 1.28 bits per heavy atom. The van der Waals surface area contributed by atoms with E-state index >= 15 is 0 Å². The van der Waals surface area contributed by atoms with Gasteiger partial charge in [0.25, 0.3) is 0 Å². The van der Waals surface area contributed by atoms with E-state index < -0.39 is 0 Å².